The lowest BCUT2D eigenvalue weighted by molar-refractivity contribution is -0.134. The number of hydrogen-bond donors (Lipinski definition) is 1. The van der Waals surface area contributed by atoms with E-state index in [1.807, 2.05) is 14.7 Å². The van der Waals surface area contributed by atoms with Gasteiger partial charge in [0.05, 0.1) is 5.56 Å². The predicted molar refractivity (Wildman–Crippen MR) is 97.6 cm³/mol. The van der Waals surface area contributed by atoms with Gasteiger partial charge in [0, 0.05) is 64.5 Å². The van der Waals surface area contributed by atoms with E-state index in [9.17, 15) is 14.4 Å². The van der Waals surface area contributed by atoms with Crippen molar-refractivity contribution in [1.82, 2.24) is 19.7 Å². The number of hydrogen-bond acceptors (Lipinski definition) is 3. The van der Waals surface area contributed by atoms with Crippen molar-refractivity contribution in [3.8, 4) is 0 Å². The minimum Gasteiger partial charge on any atom is -0.367 e. The maximum absolute atomic E-state index is 12.6. The summed E-state index contributed by atoms with van der Waals surface area (Å²) >= 11 is 0. The molecule has 0 aliphatic carbocycles. The third-order valence-electron chi connectivity index (χ3n) is 5.25. The van der Waals surface area contributed by atoms with Crippen LogP contribution in [0.1, 0.15) is 48.9 Å². The maximum atomic E-state index is 12.6. The van der Waals surface area contributed by atoms with Crippen LogP contribution in [-0.2, 0) is 9.59 Å². The van der Waals surface area contributed by atoms with Gasteiger partial charge in [0.1, 0.15) is 0 Å². The summed E-state index contributed by atoms with van der Waals surface area (Å²) in [6, 6.07) is 1.77. The van der Waals surface area contributed by atoms with Gasteiger partial charge in [0.2, 0.25) is 11.8 Å². The summed E-state index contributed by atoms with van der Waals surface area (Å²) in [5.41, 5.74) is 0.657. The molecule has 2 aliphatic rings. The van der Waals surface area contributed by atoms with Crippen molar-refractivity contribution in [3.63, 3.8) is 0 Å². The fourth-order valence-corrected chi connectivity index (χ4v) is 3.67. The highest BCUT2D eigenvalue weighted by Gasteiger charge is 2.24. The number of aromatic nitrogens is 1. The number of nitrogens with one attached hydrogen (secondary N) is 1. The van der Waals surface area contributed by atoms with E-state index < -0.39 is 0 Å². The van der Waals surface area contributed by atoms with Gasteiger partial charge in [-0.3, -0.25) is 14.4 Å². The molecule has 0 radical (unpaired) electrons. The van der Waals surface area contributed by atoms with E-state index in [0.717, 1.165) is 32.2 Å². The Balaban J connectivity index is 1.48. The summed E-state index contributed by atoms with van der Waals surface area (Å²) in [5.74, 6) is 0.267. The molecule has 2 saturated heterocycles. The van der Waals surface area contributed by atoms with Crippen LogP contribution in [0.25, 0.3) is 0 Å². The van der Waals surface area contributed by atoms with Crippen molar-refractivity contribution in [1.29, 1.82) is 0 Å². The summed E-state index contributed by atoms with van der Waals surface area (Å²) in [6.07, 6.45) is 8.28. The molecular weight excluding hydrogens is 332 g/mol. The number of carbonyl (C=O) groups excluding carboxylic acids is 3. The third kappa shape index (κ3) is 4.65. The Hall–Kier alpha value is -2.31. The van der Waals surface area contributed by atoms with Crippen molar-refractivity contribution in [2.24, 2.45) is 0 Å². The van der Waals surface area contributed by atoms with Crippen LogP contribution in [-0.4, -0.2) is 76.7 Å². The van der Waals surface area contributed by atoms with Gasteiger partial charge < -0.3 is 19.7 Å². The van der Waals surface area contributed by atoms with Gasteiger partial charge in [0.25, 0.3) is 5.91 Å². The van der Waals surface area contributed by atoms with Gasteiger partial charge in [-0.15, -0.1) is 0 Å². The van der Waals surface area contributed by atoms with Crippen LogP contribution in [0.3, 0.4) is 0 Å². The fraction of sp³-hybridized carbons (Fsp3) is 0.632. The normalized spacial score (nSPS) is 19.2. The molecule has 3 rings (SSSR count). The summed E-state index contributed by atoms with van der Waals surface area (Å²) < 4.78 is 0. The number of likely N-dealkylation sites (tertiary alicyclic amines) is 1. The quantitative estimate of drug-likeness (QED) is 0.884. The summed E-state index contributed by atoms with van der Waals surface area (Å²) in [6.45, 7) is 3.73. The monoisotopic (exact) mass is 360 g/mol. The zero-order chi connectivity index (χ0) is 18.4. The van der Waals surface area contributed by atoms with Crippen LogP contribution in [0.4, 0.5) is 0 Å². The van der Waals surface area contributed by atoms with Gasteiger partial charge in [-0.05, 0) is 25.3 Å². The Morgan fingerprint density at radius 1 is 0.962 bits per heavy atom. The van der Waals surface area contributed by atoms with E-state index in [2.05, 4.69) is 4.98 Å². The molecule has 1 N–H and O–H groups in total. The molecule has 0 bridgehead atoms. The van der Waals surface area contributed by atoms with Crippen molar-refractivity contribution >= 4 is 17.7 Å². The number of aromatic amines is 1. The van der Waals surface area contributed by atoms with Gasteiger partial charge >= 0.3 is 0 Å². The molecule has 0 spiro atoms. The van der Waals surface area contributed by atoms with Gasteiger partial charge in [0.15, 0.2) is 0 Å². The lowest BCUT2D eigenvalue weighted by Gasteiger charge is -2.24. The van der Waals surface area contributed by atoms with E-state index in [1.165, 1.54) is 0 Å². The molecule has 2 fully saturated rings. The van der Waals surface area contributed by atoms with Crippen molar-refractivity contribution < 1.29 is 14.4 Å². The van der Waals surface area contributed by atoms with Gasteiger partial charge in [-0.25, -0.2) is 0 Å². The first-order valence-electron chi connectivity index (χ1n) is 9.63. The molecule has 1 aromatic heterocycles. The molecule has 7 heteroatoms. The highest BCUT2D eigenvalue weighted by molar-refractivity contribution is 5.94. The number of amides is 3. The molecule has 7 nitrogen and oxygen atoms in total. The third-order valence-corrected chi connectivity index (χ3v) is 5.25. The van der Waals surface area contributed by atoms with E-state index >= 15 is 0 Å². The Bertz CT molecular complexity index is 629. The molecular formula is C19H28N4O3. The van der Waals surface area contributed by atoms with E-state index in [0.29, 0.717) is 51.1 Å². The second-order valence-corrected chi connectivity index (χ2v) is 7.07. The summed E-state index contributed by atoms with van der Waals surface area (Å²) in [5, 5.41) is 0. The fourth-order valence-electron chi connectivity index (χ4n) is 3.67. The van der Waals surface area contributed by atoms with E-state index in [-0.39, 0.29) is 17.7 Å². The standard InChI is InChI=1S/C19H28N4O3/c24-17-5-2-1-3-9-21(17)12-7-18(25)22-10-4-11-23(14-13-22)19(26)16-6-8-20-15-16/h6,8,15,20H,1-5,7,9-14H2. The maximum Gasteiger partial charge on any atom is 0.255 e. The smallest absolute Gasteiger partial charge is 0.255 e. The summed E-state index contributed by atoms with van der Waals surface area (Å²) in [7, 11) is 0. The first-order chi connectivity index (χ1) is 12.6. The zero-order valence-corrected chi connectivity index (χ0v) is 15.3. The molecule has 3 heterocycles. The molecule has 2 aliphatic heterocycles. The molecule has 26 heavy (non-hydrogen) atoms. The van der Waals surface area contributed by atoms with Crippen LogP contribution in [0.15, 0.2) is 18.5 Å². The zero-order valence-electron chi connectivity index (χ0n) is 15.3. The number of rotatable bonds is 4. The second kappa shape index (κ2) is 8.87. The highest BCUT2D eigenvalue weighted by Crippen LogP contribution is 2.13. The average molecular weight is 360 g/mol. The molecule has 3 amide bonds. The molecule has 0 unspecified atom stereocenters. The van der Waals surface area contributed by atoms with E-state index in [4.69, 9.17) is 0 Å². The minimum atomic E-state index is 0.00992. The van der Waals surface area contributed by atoms with Crippen LogP contribution in [0.2, 0.25) is 0 Å². The lowest BCUT2D eigenvalue weighted by atomic mass is 10.2. The predicted octanol–water partition coefficient (Wildman–Crippen LogP) is 1.48. The first-order valence-corrected chi connectivity index (χ1v) is 9.63. The SMILES string of the molecule is O=C1CCCCCN1CCC(=O)N1CCCN(C(=O)c2cc[nH]c2)CC1. The van der Waals surface area contributed by atoms with Crippen LogP contribution in [0, 0.1) is 0 Å². The molecule has 0 saturated carbocycles. The Morgan fingerprint density at radius 2 is 1.77 bits per heavy atom. The van der Waals surface area contributed by atoms with Crippen molar-refractivity contribution in [3.05, 3.63) is 24.0 Å². The largest absolute Gasteiger partial charge is 0.367 e. The van der Waals surface area contributed by atoms with Gasteiger partial charge in [-0.2, -0.15) is 0 Å². The van der Waals surface area contributed by atoms with Crippen molar-refractivity contribution in [2.75, 3.05) is 39.3 Å². The van der Waals surface area contributed by atoms with Gasteiger partial charge in [-0.1, -0.05) is 6.42 Å². The Kier molecular flexibility index (Phi) is 6.30. The Labute approximate surface area is 154 Å². The highest BCUT2D eigenvalue weighted by atomic mass is 16.2. The second-order valence-electron chi connectivity index (χ2n) is 7.07. The number of carbonyl (C=O) groups is 3. The number of nitrogens with zero attached hydrogens (tertiary/aromatic N) is 3. The number of H-pyrrole nitrogens is 1. The minimum absolute atomic E-state index is 0.00992. The average Bonchev–Trinajstić information content (AvgIpc) is 2.96. The lowest BCUT2D eigenvalue weighted by Crippen LogP contribution is -2.39. The molecule has 1 aromatic rings. The van der Waals surface area contributed by atoms with E-state index in [1.54, 1.807) is 18.5 Å². The van der Waals surface area contributed by atoms with Crippen LogP contribution >= 0.6 is 0 Å². The topological polar surface area (TPSA) is 76.7 Å². The summed E-state index contributed by atoms with van der Waals surface area (Å²) in [4.78, 5) is 45.5. The Morgan fingerprint density at radius 3 is 2.58 bits per heavy atom. The molecule has 0 atom stereocenters. The first kappa shape index (κ1) is 18.5. The van der Waals surface area contributed by atoms with Crippen LogP contribution < -0.4 is 0 Å². The molecule has 142 valence electrons. The molecule has 0 aromatic carbocycles. The van der Waals surface area contributed by atoms with Crippen molar-refractivity contribution in [2.45, 2.75) is 38.5 Å². The van der Waals surface area contributed by atoms with Crippen LogP contribution in [0.5, 0.6) is 0 Å².